The first-order valence-electron chi connectivity index (χ1n) is 3.34. The molecule has 13 heavy (non-hydrogen) atoms. The minimum absolute atomic E-state index is 0.0399. The van der Waals surface area contributed by atoms with Crippen molar-refractivity contribution in [1.82, 2.24) is 0 Å². The first kappa shape index (κ1) is 10.0. The molecule has 0 unspecified atom stereocenters. The van der Waals surface area contributed by atoms with Gasteiger partial charge in [-0.15, -0.1) is 0 Å². The summed E-state index contributed by atoms with van der Waals surface area (Å²) in [5.41, 5.74) is 2.41. The monoisotopic (exact) mass is 208 g/mol. The van der Waals surface area contributed by atoms with E-state index in [2.05, 4.69) is 10.2 Å². The number of anilines is 1. The molecule has 0 aliphatic rings. The van der Waals surface area contributed by atoms with Gasteiger partial charge < -0.3 is 10.2 Å². The summed E-state index contributed by atoms with van der Waals surface area (Å²) in [7, 11) is 0. The Kier molecular flexibility index (Phi) is 3.27. The molecule has 0 saturated carbocycles. The zero-order valence-corrected chi connectivity index (χ0v) is 7.18. The van der Waals surface area contributed by atoms with Crippen molar-refractivity contribution in [2.45, 2.75) is 6.61 Å². The molecule has 0 aromatic heterocycles. The molecular formula is C7H7ClF2N2O. The summed E-state index contributed by atoms with van der Waals surface area (Å²) in [6.07, 6.45) is 0. The highest BCUT2D eigenvalue weighted by atomic mass is 35.5. The summed E-state index contributed by atoms with van der Waals surface area (Å²) in [6.45, 7) is -2.88. The van der Waals surface area contributed by atoms with Gasteiger partial charge in [-0.05, 0) is 18.2 Å². The Morgan fingerprint density at radius 2 is 2.15 bits per heavy atom. The number of ether oxygens (including phenoxy) is 1. The molecule has 0 radical (unpaired) electrons. The van der Waals surface area contributed by atoms with E-state index in [1.54, 1.807) is 0 Å². The standard InChI is InChI=1S/C7H7ClF2N2O/c8-4-1-2-6(13-7(9)10)5(3-4)12-11/h1-3,7,12H,11H2. The van der Waals surface area contributed by atoms with E-state index < -0.39 is 6.61 Å². The molecule has 1 aromatic carbocycles. The highest BCUT2D eigenvalue weighted by molar-refractivity contribution is 6.30. The van der Waals surface area contributed by atoms with Gasteiger partial charge in [-0.2, -0.15) is 8.78 Å². The van der Waals surface area contributed by atoms with Crippen molar-refractivity contribution in [3.63, 3.8) is 0 Å². The largest absolute Gasteiger partial charge is 0.433 e. The van der Waals surface area contributed by atoms with E-state index in [-0.39, 0.29) is 11.4 Å². The molecule has 0 fully saturated rings. The highest BCUT2D eigenvalue weighted by Crippen LogP contribution is 2.28. The van der Waals surface area contributed by atoms with E-state index in [9.17, 15) is 8.78 Å². The van der Waals surface area contributed by atoms with Crippen LogP contribution in [-0.4, -0.2) is 6.61 Å². The molecule has 0 heterocycles. The molecule has 3 N–H and O–H groups in total. The van der Waals surface area contributed by atoms with Gasteiger partial charge in [0.25, 0.3) is 0 Å². The molecule has 0 atom stereocenters. The van der Waals surface area contributed by atoms with E-state index in [0.29, 0.717) is 5.02 Å². The number of benzene rings is 1. The number of hydrazine groups is 1. The lowest BCUT2D eigenvalue weighted by Crippen LogP contribution is -2.10. The second-order valence-corrected chi connectivity index (χ2v) is 2.60. The number of rotatable bonds is 3. The molecule has 0 aliphatic carbocycles. The third-order valence-corrected chi connectivity index (χ3v) is 1.55. The third kappa shape index (κ3) is 2.71. The lowest BCUT2D eigenvalue weighted by Gasteiger charge is -2.09. The molecule has 0 aliphatic heterocycles. The maximum atomic E-state index is 11.8. The van der Waals surface area contributed by atoms with E-state index in [1.807, 2.05) is 0 Å². The van der Waals surface area contributed by atoms with Crippen molar-refractivity contribution in [2.24, 2.45) is 5.84 Å². The first-order chi connectivity index (χ1) is 6.13. The summed E-state index contributed by atoms with van der Waals surface area (Å²) in [4.78, 5) is 0. The normalized spacial score (nSPS) is 10.2. The van der Waals surface area contributed by atoms with E-state index in [4.69, 9.17) is 17.4 Å². The average molecular weight is 209 g/mol. The van der Waals surface area contributed by atoms with E-state index >= 15 is 0 Å². The predicted molar refractivity (Wildman–Crippen MR) is 45.9 cm³/mol. The van der Waals surface area contributed by atoms with Gasteiger partial charge in [0.15, 0.2) is 5.75 Å². The van der Waals surface area contributed by atoms with Gasteiger partial charge in [0, 0.05) is 5.02 Å². The number of alkyl halides is 2. The number of halogens is 3. The summed E-state index contributed by atoms with van der Waals surface area (Å²) < 4.78 is 27.8. The molecule has 72 valence electrons. The molecular weight excluding hydrogens is 202 g/mol. The van der Waals surface area contributed by atoms with Crippen LogP contribution in [-0.2, 0) is 0 Å². The minimum atomic E-state index is -2.88. The van der Waals surface area contributed by atoms with Crippen LogP contribution in [0.25, 0.3) is 0 Å². The first-order valence-corrected chi connectivity index (χ1v) is 3.72. The number of hydrogen-bond acceptors (Lipinski definition) is 3. The number of nitrogens with two attached hydrogens (primary N) is 1. The van der Waals surface area contributed by atoms with Crippen LogP contribution >= 0.6 is 11.6 Å². The topological polar surface area (TPSA) is 47.3 Å². The van der Waals surface area contributed by atoms with Crippen LogP contribution in [0.2, 0.25) is 5.02 Å². The summed E-state index contributed by atoms with van der Waals surface area (Å²) in [5.74, 6) is 5.02. The minimum Gasteiger partial charge on any atom is -0.433 e. The van der Waals surface area contributed by atoms with E-state index in [1.165, 1.54) is 18.2 Å². The predicted octanol–water partition coefficient (Wildman–Crippen LogP) is 2.23. The Bertz CT molecular complexity index is 296. The van der Waals surface area contributed by atoms with Gasteiger partial charge >= 0.3 is 6.61 Å². The van der Waals surface area contributed by atoms with Crippen LogP contribution in [0.4, 0.5) is 14.5 Å². The van der Waals surface area contributed by atoms with Gasteiger partial charge in [-0.25, -0.2) is 0 Å². The molecule has 3 nitrogen and oxygen atoms in total. The fraction of sp³-hybridized carbons (Fsp3) is 0.143. The van der Waals surface area contributed by atoms with Crippen molar-refractivity contribution < 1.29 is 13.5 Å². The number of hydrogen-bond donors (Lipinski definition) is 2. The van der Waals surface area contributed by atoms with Crippen LogP contribution < -0.4 is 16.0 Å². The fourth-order valence-corrected chi connectivity index (χ4v) is 0.986. The lowest BCUT2D eigenvalue weighted by atomic mass is 10.3. The van der Waals surface area contributed by atoms with Crippen molar-refractivity contribution >= 4 is 17.3 Å². The van der Waals surface area contributed by atoms with Gasteiger partial charge in [-0.3, -0.25) is 5.84 Å². The lowest BCUT2D eigenvalue weighted by molar-refractivity contribution is -0.0493. The molecule has 0 saturated heterocycles. The van der Waals surface area contributed by atoms with Gasteiger partial charge in [0.1, 0.15) is 0 Å². The molecule has 0 bridgehead atoms. The van der Waals surface area contributed by atoms with Gasteiger partial charge in [-0.1, -0.05) is 11.6 Å². The SMILES string of the molecule is NNc1cc(Cl)ccc1OC(F)F. The second-order valence-electron chi connectivity index (χ2n) is 2.16. The molecule has 1 rings (SSSR count). The maximum absolute atomic E-state index is 11.8. The average Bonchev–Trinajstić information content (AvgIpc) is 2.07. The zero-order valence-electron chi connectivity index (χ0n) is 6.43. The van der Waals surface area contributed by atoms with Crippen LogP contribution in [0.3, 0.4) is 0 Å². The summed E-state index contributed by atoms with van der Waals surface area (Å²) >= 11 is 5.59. The Morgan fingerprint density at radius 3 is 2.69 bits per heavy atom. The van der Waals surface area contributed by atoms with Crippen molar-refractivity contribution in [2.75, 3.05) is 5.43 Å². The van der Waals surface area contributed by atoms with Crippen LogP contribution in [0.15, 0.2) is 18.2 Å². The second kappa shape index (κ2) is 4.25. The Labute approximate surface area is 78.4 Å². The highest BCUT2D eigenvalue weighted by Gasteiger charge is 2.08. The van der Waals surface area contributed by atoms with Crippen molar-refractivity contribution in [3.05, 3.63) is 23.2 Å². The Balaban J connectivity index is 2.92. The smallest absolute Gasteiger partial charge is 0.387 e. The van der Waals surface area contributed by atoms with Crippen molar-refractivity contribution in [3.8, 4) is 5.75 Å². The number of nitrogens with one attached hydrogen (secondary N) is 1. The Morgan fingerprint density at radius 1 is 1.46 bits per heavy atom. The third-order valence-electron chi connectivity index (χ3n) is 1.31. The van der Waals surface area contributed by atoms with Crippen LogP contribution in [0.5, 0.6) is 5.75 Å². The van der Waals surface area contributed by atoms with Crippen LogP contribution in [0.1, 0.15) is 0 Å². The summed E-state index contributed by atoms with van der Waals surface area (Å²) in [6, 6.07) is 4.13. The molecule has 0 amide bonds. The maximum Gasteiger partial charge on any atom is 0.387 e. The van der Waals surface area contributed by atoms with Gasteiger partial charge in [0.2, 0.25) is 0 Å². The van der Waals surface area contributed by atoms with E-state index in [0.717, 1.165) is 0 Å². The molecule has 1 aromatic rings. The van der Waals surface area contributed by atoms with Crippen molar-refractivity contribution in [1.29, 1.82) is 0 Å². The summed E-state index contributed by atoms with van der Waals surface area (Å²) in [5, 5.41) is 0.384. The number of nitrogen functional groups attached to an aromatic ring is 1. The van der Waals surface area contributed by atoms with Crippen LogP contribution in [0, 0.1) is 0 Å². The Hall–Kier alpha value is -1.07. The molecule has 0 spiro atoms. The quantitative estimate of drug-likeness (QED) is 0.592. The fourth-order valence-electron chi connectivity index (χ4n) is 0.814. The van der Waals surface area contributed by atoms with Gasteiger partial charge in [0.05, 0.1) is 5.69 Å². The molecule has 6 heteroatoms. The zero-order chi connectivity index (χ0) is 9.84.